The van der Waals surface area contributed by atoms with Crippen molar-refractivity contribution in [3.8, 4) is 120 Å². The molecule has 0 aliphatic heterocycles. The van der Waals surface area contributed by atoms with E-state index >= 15 is 0 Å². The van der Waals surface area contributed by atoms with Crippen molar-refractivity contribution in [2.45, 2.75) is 14.9 Å². The van der Waals surface area contributed by atoms with Crippen molar-refractivity contribution in [2.24, 2.45) is 0 Å². The number of rotatable bonds is 12. The third-order valence-corrected chi connectivity index (χ3v) is 21.8. The van der Waals surface area contributed by atoms with Gasteiger partial charge >= 0.3 is 0 Å². The lowest BCUT2D eigenvalue weighted by Crippen LogP contribution is -2.01. The Bertz CT molecular complexity index is 7780. The Morgan fingerprint density at radius 2 is 0.402 bits per heavy atom. The van der Waals surface area contributed by atoms with Crippen LogP contribution in [0.3, 0.4) is 0 Å². The van der Waals surface area contributed by atoms with Crippen molar-refractivity contribution in [1.82, 2.24) is 58.6 Å². The molecule has 0 bridgehead atoms. The quantitative estimate of drug-likeness (QED) is 0.114. The van der Waals surface area contributed by atoms with Crippen LogP contribution in [-0.2, 0) is 0 Å². The number of para-hydroxylation sites is 6. The molecule has 0 aliphatic carbocycles. The second kappa shape index (κ2) is 31.8. The number of nitrogens with zero attached hydrogens (tertiary/aromatic N) is 12. The molecule has 24 rings (SSSR count). The Labute approximate surface area is 701 Å². The average Bonchev–Trinajstić information content (AvgIpc) is 1.57. The Hall–Kier alpha value is -16.7. The highest BCUT2D eigenvalue weighted by molar-refractivity contribution is 6.23. The summed E-state index contributed by atoms with van der Waals surface area (Å²) in [4.78, 5) is 44.1. The van der Waals surface area contributed by atoms with Gasteiger partial charge in [-0.2, -0.15) is 0 Å². The minimum Gasteiger partial charge on any atom is -0.439 e. The molecule has 0 N–H and O–H groups in total. The van der Waals surface area contributed by atoms with Gasteiger partial charge in [0.2, 0.25) is 17.1 Å². The number of furan rings is 3. The molecular weight excluding hydrogens is 1500 g/mol. The number of benzene rings is 15. The Balaban J connectivity index is 0.000000115. The Kier molecular flexibility index (Phi) is 19.3. The third kappa shape index (κ3) is 13.5. The first-order valence-corrected chi connectivity index (χ1v) is 39.7. The first kappa shape index (κ1) is 74.2. The maximum absolute atomic E-state index is 6.51. The number of fused-ring (bicyclic) bond motifs is 15. The summed E-state index contributed by atoms with van der Waals surface area (Å²) >= 11 is 0. The van der Waals surface area contributed by atoms with Gasteiger partial charge in [0.1, 0.15) is 16.7 Å². The van der Waals surface area contributed by atoms with Gasteiger partial charge in [-0.05, 0) is 97.1 Å². The minimum absolute atomic E-state index is 0. The molecule has 0 unspecified atom stereocenters. The van der Waals surface area contributed by atoms with Gasteiger partial charge in [-0.1, -0.05) is 318 Å². The normalized spacial score (nSPS) is 11.3. The van der Waals surface area contributed by atoms with Gasteiger partial charge in [0.05, 0.1) is 32.7 Å². The van der Waals surface area contributed by atoms with Crippen LogP contribution in [0.15, 0.2) is 414 Å². The van der Waals surface area contributed by atoms with Crippen LogP contribution >= 0.6 is 0 Å². The molecule has 0 atom stereocenters. The molecule has 0 aliphatic rings. The predicted octanol–water partition coefficient (Wildman–Crippen LogP) is 27.4. The van der Waals surface area contributed by atoms with Crippen LogP contribution in [0.5, 0.6) is 0 Å². The van der Waals surface area contributed by atoms with Crippen LogP contribution in [-0.4, -0.2) is 58.6 Å². The molecule has 24 aromatic rings. The standard InChI is InChI=1S/3C35H22N4O.2CH4/c1-4-12-23(13-5-1)32-36-33(24-14-6-2-7-15-24)38-34(37-32)25-20-21-29-28(22-25)31-27-18-10-11-19-30(27)40-35(31)39(29)26-16-8-3-9-17-26;1-4-12-23(13-5-1)32-36-33(24-14-6-2-7-15-24)38-34(37-32)25-20-21-30-28(22-25)31-27-18-10-11-19-29(27)39(35(31)40-30)26-16-8-3-9-17-26;1-3-12-23(13-4-1)32-36-33(24-14-5-2-6-15-24)38-34(37-32)25-16-11-17-26(22-25)39-29-20-9-7-18-27(29)31-28-19-8-10-21-30(28)40-35(31)39;;/h3*1-22H;2*1H4. The highest BCUT2D eigenvalue weighted by Gasteiger charge is 2.26. The van der Waals surface area contributed by atoms with Crippen LogP contribution in [0.1, 0.15) is 14.9 Å². The van der Waals surface area contributed by atoms with E-state index in [9.17, 15) is 0 Å². The fourth-order valence-corrected chi connectivity index (χ4v) is 16.2. The lowest BCUT2D eigenvalue weighted by atomic mass is 10.1. The van der Waals surface area contributed by atoms with E-state index in [-0.39, 0.29) is 14.9 Å². The SMILES string of the molecule is C.C.c1ccc(-c2nc(-c3ccccc3)nc(-c3ccc4c(c3)c3c5ccccc5oc3n4-c3ccccc3)n2)cc1.c1ccc(-c2nc(-c3ccccc3)nc(-c3ccc4oc5c(c4c3)c3ccccc3n5-c3ccccc3)n2)cc1.c1ccc(-c2nc(-c3ccccc3)nc(-c3cccc(-n4c5ccccc5c5c6ccccc6oc54)c3)n2)cc1. The molecule has 0 saturated heterocycles. The van der Waals surface area contributed by atoms with Crippen LogP contribution in [0.4, 0.5) is 0 Å². The van der Waals surface area contributed by atoms with Crippen molar-refractivity contribution in [3.63, 3.8) is 0 Å². The van der Waals surface area contributed by atoms with Crippen molar-refractivity contribution in [3.05, 3.63) is 400 Å². The summed E-state index contributed by atoms with van der Waals surface area (Å²) in [7, 11) is 0. The smallest absolute Gasteiger partial charge is 0.213 e. The second-order valence-electron chi connectivity index (χ2n) is 29.2. The maximum atomic E-state index is 6.51. The van der Waals surface area contributed by atoms with E-state index < -0.39 is 0 Å². The maximum Gasteiger partial charge on any atom is 0.213 e. The number of hydrogen-bond acceptors (Lipinski definition) is 12. The zero-order chi connectivity index (χ0) is 79.4. The molecule has 15 nitrogen and oxygen atoms in total. The summed E-state index contributed by atoms with van der Waals surface area (Å²) in [6.45, 7) is 0. The molecule has 15 aromatic carbocycles. The summed E-state index contributed by atoms with van der Waals surface area (Å²) in [5.41, 5.74) is 19.8. The van der Waals surface area contributed by atoms with Crippen LogP contribution in [0.2, 0.25) is 0 Å². The van der Waals surface area contributed by atoms with Crippen LogP contribution < -0.4 is 0 Å². The zero-order valence-corrected chi connectivity index (χ0v) is 64.2. The monoisotopic (exact) mass is 1570 g/mol. The lowest BCUT2D eigenvalue weighted by molar-refractivity contribution is 0.645. The molecular formula is C107H74N12O3. The first-order chi connectivity index (χ1) is 59.5. The molecule has 580 valence electrons. The summed E-state index contributed by atoms with van der Waals surface area (Å²) in [6.07, 6.45) is 0. The van der Waals surface area contributed by atoms with Crippen molar-refractivity contribution >= 4 is 98.9 Å². The molecule has 122 heavy (non-hydrogen) atoms. The van der Waals surface area contributed by atoms with E-state index in [1.165, 1.54) is 0 Å². The third-order valence-electron chi connectivity index (χ3n) is 21.8. The van der Waals surface area contributed by atoms with Crippen molar-refractivity contribution in [1.29, 1.82) is 0 Å². The summed E-state index contributed by atoms with van der Waals surface area (Å²) in [6, 6.07) is 135. The second-order valence-corrected chi connectivity index (χ2v) is 29.2. The zero-order valence-electron chi connectivity index (χ0n) is 64.2. The molecule has 9 heterocycles. The molecule has 15 heteroatoms. The van der Waals surface area contributed by atoms with Crippen LogP contribution in [0.25, 0.3) is 218 Å². The Morgan fingerprint density at radius 3 is 0.770 bits per heavy atom. The summed E-state index contributed by atoms with van der Waals surface area (Å²) in [5, 5.41) is 9.89. The molecule has 9 aromatic heterocycles. The van der Waals surface area contributed by atoms with E-state index in [1.54, 1.807) is 0 Å². The first-order valence-electron chi connectivity index (χ1n) is 39.7. The van der Waals surface area contributed by atoms with E-state index in [0.29, 0.717) is 52.4 Å². The van der Waals surface area contributed by atoms with E-state index in [2.05, 4.69) is 147 Å². The average molecular weight is 1580 g/mol. The molecule has 0 saturated carbocycles. The number of aromatic nitrogens is 12. The van der Waals surface area contributed by atoms with Gasteiger partial charge < -0.3 is 13.3 Å². The van der Waals surface area contributed by atoms with E-state index in [0.717, 1.165) is 166 Å². The largest absolute Gasteiger partial charge is 0.439 e. The van der Waals surface area contributed by atoms with Gasteiger partial charge in [0.15, 0.2) is 52.4 Å². The highest BCUT2D eigenvalue weighted by atomic mass is 16.4. The molecule has 0 amide bonds. The van der Waals surface area contributed by atoms with Gasteiger partial charge in [0.25, 0.3) is 0 Å². The van der Waals surface area contributed by atoms with Crippen molar-refractivity contribution in [2.75, 3.05) is 0 Å². The fraction of sp³-hybridized carbons (Fsp3) is 0.0187. The highest BCUT2D eigenvalue weighted by Crippen LogP contribution is 2.45. The van der Waals surface area contributed by atoms with Crippen molar-refractivity contribution < 1.29 is 13.3 Å². The van der Waals surface area contributed by atoms with E-state index in [1.807, 2.05) is 267 Å². The van der Waals surface area contributed by atoms with Gasteiger partial charge in [0, 0.05) is 99.5 Å². The van der Waals surface area contributed by atoms with Gasteiger partial charge in [-0.25, -0.2) is 44.9 Å². The number of hydrogen-bond donors (Lipinski definition) is 0. The van der Waals surface area contributed by atoms with E-state index in [4.69, 9.17) is 58.1 Å². The molecule has 0 spiro atoms. The van der Waals surface area contributed by atoms with Crippen LogP contribution in [0, 0.1) is 0 Å². The van der Waals surface area contributed by atoms with Gasteiger partial charge in [-0.15, -0.1) is 0 Å². The predicted molar refractivity (Wildman–Crippen MR) is 494 cm³/mol. The topological polar surface area (TPSA) is 170 Å². The Morgan fingerprint density at radius 1 is 0.164 bits per heavy atom. The summed E-state index contributed by atoms with van der Waals surface area (Å²) < 4.78 is 26.0. The molecule has 0 radical (unpaired) electrons. The summed E-state index contributed by atoms with van der Waals surface area (Å²) in [5.74, 6) is 5.72. The lowest BCUT2D eigenvalue weighted by Gasteiger charge is -2.10. The molecule has 0 fully saturated rings. The minimum atomic E-state index is 0. The van der Waals surface area contributed by atoms with Gasteiger partial charge in [-0.3, -0.25) is 13.7 Å². The fourth-order valence-electron chi connectivity index (χ4n) is 16.2.